The van der Waals surface area contributed by atoms with Crippen molar-refractivity contribution >= 4 is 48.4 Å². The summed E-state index contributed by atoms with van der Waals surface area (Å²) in [5, 5.41) is 3.75. The molecule has 0 spiro atoms. The summed E-state index contributed by atoms with van der Waals surface area (Å²) in [7, 11) is 0. The van der Waals surface area contributed by atoms with E-state index in [9.17, 15) is 13.6 Å². The molecular weight excluding hydrogens is 400 g/mol. The molecule has 2 aromatic heterocycles. The second-order valence-electron chi connectivity index (χ2n) is 3.58. The number of aromatic amines is 1. The van der Waals surface area contributed by atoms with Crippen LogP contribution in [0.25, 0.3) is 16.6 Å². The largest absolute Gasteiger partial charge is 0.316 e. The van der Waals surface area contributed by atoms with Gasteiger partial charge in [-0.2, -0.15) is 5.10 Å². The normalized spacial score (nSPS) is 10.7. The van der Waals surface area contributed by atoms with Gasteiger partial charge < -0.3 is 4.98 Å². The lowest BCUT2D eigenvalue weighted by atomic mass is 10.3. The minimum Gasteiger partial charge on any atom is -0.316 e. The van der Waals surface area contributed by atoms with Crippen LogP contribution in [0.4, 0.5) is 8.78 Å². The summed E-state index contributed by atoms with van der Waals surface area (Å²) in [5.74, 6) is -1.39. The lowest BCUT2D eigenvalue weighted by Crippen LogP contribution is -2.13. The van der Waals surface area contributed by atoms with Crippen LogP contribution in [0.3, 0.4) is 0 Å². The summed E-state index contributed by atoms with van der Waals surface area (Å²) in [6.45, 7) is 4.00. The predicted octanol–water partition coefficient (Wildman–Crippen LogP) is 4.01. The van der Waals surface area contributed by atoms with Crippen LogP contribution in [0.1, 0.15) is 13.8 Å². The van der Waals surface area contributed by atoms with Crippen LogP contribution in [0.15, 0.2) is 26.0 Å². The van der Waals surface area contributed by atoms with Gasteiger partial charge in [0.25, 0.3) is 5.56 Å². The zero-order valence-electron chi connectivity index (χ0n) is 10.5. The number of halogens is 4. The molecule has 1 aromatic carbocycles. The van der Waals surface area contributed by atoms with Gasteiger partial charge in [0.05, 0.1) is 10.7 Å². The van der Waals surface area contributed by atoms with E-state index in [2.05, 4.69) is 41.9 Å². The SMILES string of the molecule is CC.O=c1[nH]c2c(F)c(Br)cc(Br)c2n2ncc(F)c12. The highest BCUT2D eigenvalue weighted by molar-refractivity contribution is 9.11. The Kier molecular flexibility index (Phi) is 4.24. The quantitative estimate of drug-likeness (QED) is 0.571. The van der Waals surface area contributed by atoms with Crippen molar-refractivity contribution in [2.24, 2.45) is 0 Å². The Bertz CT molecular complexity index is 857. The van der Waals surface area contributed by atoms with E-state index in [0.29, 0.717) is 4.47 Å². The summed E-state index contributed by atoms with van der Waals surface area (Å²) in [6, 6.07) is 1.47. The standard InChI is InChI=1S/C10H3Br2F2N3O.C2H6/c11-3-1-4(12)8-7(6(3)14)16-10(18)9-5(13)2-15-17(8)9;1-2/h1-2H,(H,16,18);1-2H3. The Labute approximate surface area is 129 Å². The van der Waals surface area contributed by atoms with Gasteiger partial charge >= 0.3 is 0 Å². The Balaban J connectivity index is 0.000000704. The van der Waals surface area contributed by atoms with Gasteiger partial charge in [0.2, 0.25) is 0 Å². The van der Waals surface area contributed by atoms with Gasteiger partial charge in [0.1, 0.15) is 11.0 Å². The Morgan fingerprint density at radius 1 is 1.20 bits per heavy atom. The summed E-state index contributed by atoms with van der Waals surface area (Å²) in [6.07, 6.45) is 0.913. The Morgan fingerprint density at radius 2 is 1.85 bits per heavy atom. The molecule has 0 aliphatic heterocycles. The van der Waals surface area contributed by atoms with Gasteiger partial charge in [-0.15, -0.1) is 0 Å². The van der Waals surface area contributed by atoms with E-state index in [1.165, 1.54) is 6.07 Å². The smallest absolute Gasteiger partial charge is 0.277 e. The van der Waals surface area contributed by atoms with E-state index in [-0.39, 0.29) is 21.0 Å². The number of aromatic nitrogens is 3. The maximum absolute atomic E-state index is 13.9. The molecule has 0 saturated heterocycles. The van der Waals surface area contributed by atoms with Crippen molar-refractivity contribution in [3.63, 3.8) is 0 Å². The van der Waals surface area contributed by atoms with Crippen molar-refractivity contribution in [1.29, 1.82) is 0 Å². The third-order valence-corrected chi connectivity index (χ3v) is 3.72. The summed E-state index contributed by atoms with van der Waals surface area (Å²) in [4.78, 5) is 14.0. The highest BCUT2D eigenvalue weighted by atomic mass is 79.9. The Hall–Kier alpha value is -1.28. The van der Waals surface area contributed by atoms with Crippen molar-refractivity contribution in [3.05, 3.63) is 43.2 Å². The van der Waals surface area contributed by atoms with E-state index in [0.717, 1.165) is 10.7 Å². The third kappa shape index (κ3) is 2.16. The topological polar surface area (TPSA) is 50.2 Å². The van der Waals surface area contributed by atoms with Crippen LogP contribution in [0.5, 0.6) is 0 Å². The average molecular weight is 409 g/mol. The molecule has 0 fully saturated rings. The molecule has 0 radical (unpaired) electrons. The number of fused-ring (bicyclic) bond motifs is 3. The number of H-pyrrole nitrogens is 1. The number of rotatable bonds is 0. The molecule has 20 heavy (non-hydrogen) atoms. The number of benzene rings is 1. The van der Waals surface area contributed by atoms with Crippen LogP contribution in [-0.2, 0) is 0 Å². The van der Waals surface area contributed by atoms with E-state index in [1.54, 1.807) is 0 Å². The number of nitrogens with zero attached hydrogens (tertiary/aromatic N) is 2. The van der Waals surface area contributed by atoms with E-state index in [1.807, 2.05) is 13.8 Å². The first kappa shape index (κ1) is 15.1. The molecule has 8 heteroatoms. The molecule has 0 aliphatic carbocycles. The minimum atomic E-state index is -0.756. The molecule has 4 nitrogen and oxygen atoms in total. The van der Waals surface area contributed by atoms with Gasteiger partial charge in [-0.3, -0.25) is 4.79 Å². The second kappa shape index (κ2) is 5.61. The zero-order chi connectivity index (χ0) is 15.0. The molecule has 1 N–H and O–H groups in total. The summed E-state index contributed by atoms with van der Waals surface area (Å²) in [5.41, 5.74) is -0.766. The molecule has 0 atom stereocenters. The fourth-order valence-electron chi connectivity index (χ4n) is 1.78. The maximum atomic E-state index is 13.9. The van der Waals surface area contributed by atoms with Crippen molar-refractivity contribution in [2.45, 2.75) is 13.8 Å². The zero-order valence-corrected chi connectivity index (χ0v) is 13.6. The third-order valence-electron chi connectivity index (χ3n) is 2.54. The predicted molar refractivity (Wildman–Crippen MR) is 80.0 cm³/mol. The number of nitrogens with one attached hydrogen (secondary N) is 1. The van der Waals surface area contributed by atoms with Gasteiger partial charge in [-0.25, -0.2) is 13.3 Å². The van der Waals surface area contributed by atoms with Crippen molar-refractivity contribution in [1.82, 2.24) is 14.6 Å². The van der Waals surface area contributed by atoms with Crippen LogP contribution in [0.2, 0.25) is 0 Å². The first-order valence-electron chi connectivity index (χ1n) is 5.73. The van der Waals surface area contributed by atoms with Crippen LogP contribution >= 0.6 is 31.9 Å². The monoisotopic (exact) mass is 407 g/mol. The molecule has 0 aliphatic rings. The van der Waals surface area contributed by atoms with E-state index < -0.39 is 17.2 Å². The first-order chi connectivity index (χ1) is 9.50. The highest BCUT2D eigenvalue weighted by Gasteiger charge is 2.17. The van der Waals surface area contributed by atoms with Gasteiger partial charge in [-0.05, 0) is 37.9 Å². The lowest BCUT2D eigenvalue weighted by molar-refractivity contribution is 0.627. The fraction of sp³-hybridized carbons (Fsp3) is 0.167. The molecule has 3 aromatic rings. The van der Waals surface area contributed by atoms with Crippen molar-refractivity contribution < 1.29 is 8.78 Å². The average Bonchev–Trinajstić information content (AvgIpc) is 2.81. The summed E-state index contributed by atoms with van der Waals surface area (Å²) >= 11 is 6.26. The maximum Gasteiger partial charge on any atom is 0.277 e. The Morgan fingerprint density at radius 3 is 2.50 bits per heavy atom. The molecule has 106 valence electrons. The molecule has 0 bridgehead atoms. The first-order valence-corrected chi connectivity index (χ1v) is 7.32. The minimum absolute atomic E-state index is 0.0446. The molecule has 3 rings (SSSR count). The molecular formula is C12H9Br2F2N3O. The van der Waals surface area contributed by atoms with Gasteiger partial charge in [0, 0.05) is 4.47 Å². The molecule has 0 amide bonds. The van der Waals surface area contributed by atoms with Crippen LogP contribution in [-0.4, -0.2) is 14.6 Å². The molecule has 0 saturated carbocycles. The number of hydrogen-bond acceptors (Lipinski definition) is 2. The molecule has 0 unspecified atom stereocenters. The van der Waals surface area contributed by atoms with Crippen LogP contribution < -0.4 is 5.56 Å². The molecule has 2 heterocycles. The van der Waals surface area contributed by atoms with Gasteiger partial charge in [-0.1, -0.05) is 13.8 Å². The highest BCUT2D eigenvalue weighted by Crippen LogP contribution is 2.30. The van der Waals surface area contributed by atoms with Crippen LogP contribution in [0, 0.1) is 11.6 Å². The summed E-state index contributed by atoms with van der Waals surface area (Å²) < 4.78 is 29.1. The lowest BCUT2D eigenvalue weighted by Gasteiger charge is -2.06. The van der Waals surface area contributed by atoms with Crippen molar-refractivity contribution in [3.8, 4) is 0 Å². The van der Waals surface area contributed by atoms with E-state index in [4.69, 9.17) is 0 Å². The second-order valence-corrected chi connectivity index (χ2v) is 5.29. The van der Waals surface area contributed by atoms with Crippen molar-refractivity contribution in [2.75, 3.05) is 0 Å². The number of hydrogen-bond donors (Lipinski definition) is 1. The van der Waals surface area contributed by atoms with Gasteiger partial charge in [0.15, 0.2) is 17.2 Å². The fourth-order valence-corrected chi connectivity index (χ4v) is 3.11. The van der Waals surface area contributed by atoms with E-state index >= 15 is 0 Å².